The number of ether oxygens (including phenoxy) is 1. The van der Waals surface area contributed by atoms with Crippen LogP contribution in [0.25, 0.3) is 0 Å². The van der Waals surface area contributed by atoms with Gasteiger partial charge in [0, 0.05) is 5.69 Å². The maximum absolute atomic E-state index is 5.55. The summed E-state index contributed by atoms with van der Waals surface area (Å²) in [6, 6.07) is 17.2. The van der Waals surface area contributed by atoms with E-state index in [2.05, 4.69) is 68.6 Å². The fourth-order valence-corrected chi connectivity index (χ4v) is 2.52. The van der Waals surface area contributed by atoms with Crippen molar-refractivity contribution in [2.75, 3.05) is 11.9 Å². The predicted molar refractivity (Wildman–Crippen MR) is 90.0 cm³/mol. The van der Waals surface area contributed by atoms with Gasteiger partial charge in [-0.2, -0.15) is 0 Å². The highest BCUT2D eigenvalue weighted by Gasteiger charge is 2.16. The molecule has 0 radical (unpaired) electrons. The first-order valence-corrected chi connectivity index (χ1v) is 7.66. The average molecular weight is 283 g/mol. The number of benzene rings is 2. The second-order valence-electron chi connectivity index (χ2n) is 5.69. The van der Waals surface area contributed by atoms with Crippen LogP contribution in [0.5, 0.6) is 5.75 Å². The fraction of sp³-hybridized carbons (Fsp3) is 0.368. The molecule has 0 heterocycles. The first kappa shape index (κ1) is 15.4. The summed E-state index contributed by atoms with van der Waals surface area (Å²) >= 11 is 0. The molecule has 2 nitrogen and oxygen atoms in total. The van der Waals surface area contributed by atoms with Crippen LogP contribution < -0.4 is 10.1 Å². The monoisotopic (exact) mass is 283 g/mol. The zero-order chi connectivity index (χ0) is 15.2. The lowest BCUT2D eigenvalue weighted by atomic mass is 9.95. The number of anilines is 1. The maximum Gasteiger partial charge on any atom is 0.119 e. The summed E-state index contributed by atoms with van der Waals surface area (Å²) in [4.78, 5) is 0. The second-order valence-corrected chi connectivity index (χ2v) is 5.69. The van der Waals surface area contributed by atoms with Crippen molar-refractivity contribution in [2.24, 2.45) is 5.92 Å². The molecule has 0 aromatic heterocycles. The summed E-state index contributed by atoms with van der Waals surface area (Å²) in [5.41, 5.74) is 3.70. The minimum atomic E-state index is 0.308. The van der Waals surface area contributed by atoms with Gasteiger partial charge in [0.25, 0.3) is 0 Å². The number of aryl methyl sites for hydroxylation is 1. The first-order chi connectivity index (χ1) is 10.1. The topological polar surface area (TPSA) is 21.3 Å². The molecule has 0 saturated carbocycles. The maximum atomic E-state index is 5.55. The Kier molecular flexibility index (Phi) is 5.26. The SMILES string of the molecule is CCOc1ccc(NC(c2ccccc2)C(C)C)c(C)c1. The van der Waals surface area contributed by atoms with Gasteiger partial charge >= 0.3 is 0 Å². The lowest BCUT2D eigenvalue weighted by Gasteiger charge is -2.25. The van der Waals surface area contributed by atoms with Crippen LogP contribution in [0, 0.1) is 12.8 Å². The molecule has 0 aliphatic carbocycles. The second kappa shape index (κ2) is 7.16. The molecular weight excluding hydrogens is 258 g/mol. The highest BCUT2D eigenvalue weighted by molar-refractivity contribution is 5.55. The molecule has 0 amide bonds. The average Bonchev–Trinajstić information content (AvgIpc) is 2.47. The molecule has 112 valence electrons. The third-order valence-electron chi connectivity index (χ3n) is 3.65. The van der Waals surface area contributed by atoms with E-state index in [1.165, 1.54) is 16.8 Å². The zero-order valence-corrected chi connectivity index (χ0v) is 13.4. The van der Waals surface area contributed by atoms with Gasteiger partial charge in [-0.15, -0.1) is 0 Å². The Morgan fingerprint density at radius 1 is 1.05 bits per heavy atom. The molecule has 2 aromatic carbocycles. The summed E-state index contributed by atoms with van der Waals surface area (Å²) in [5.74, 6) is 1.44. The Labute approximate surface area is 128 Å². The van der Waals surface area contributed by atoms with Crippen LogP contribution in [0.4, 0.5) is 5.69 Å². The molecule has 1 atom stereocenters. The largest absolute Gasteiger partial charge is 0.494 e. The van der Waals surface area contributed by atoms with Crippen molar-refractivity contribution in [1.29, 1.82) is 0 Å². The van der Waals surface area contributed by atoms with E-state index < -0.39 is 0 Å². The molecule has 0 aliphatic heterocycles. The Hall–Kier alpha value is -1.96. The lowest BCUT2D eigenvalue weighted by Crippen LogP contribution is -2.17. The molecule has 0 bridgehead atoms. The summed E-state index contributed by atoms with van der Waals surface area (Å²) in [6.45, 7) is 9.31. The van der Waals surface area contributed by atoms with Gasteiger partial charge < -0.3 is 10.1 Å². The number of rotatable bonds is 6. The molecule has 1 N–H and O–H groups in total. The summed E-state index contributed by atoms with van der Waals surface area (Å²) < 4.78 is 5.55. The molecule has 0 aliphatic rings. The molecule has 2 aromatic rings. The van der Waals surface area contributed by atoms with Crippen molar-refractivity contribution in [2.45, 2.75) is 33.7 Å². The van der Waals surface area contributed by atoms with Crippen molar-refractivity contribution in [1.82, 2.24) is 0 Å². The summed E-state index contributed by atoms with van der Waals surface area (Å²) in [5, 5.41) is 3.68. The smallest absolute Gasteiger partial charge is 0.119 e. The number of hydrogen-bond donors (Lipinski definition) is 1. The van der Waals surface area contributed by atoms with E-state index in [0.717, 1.165) is 5.75 Å². The number of hydrogen-bond acceptors (Lipinski definition) is 2. The van der Waals surface area contributed by atoms with Crippen molar-refractivity contribution >= 4 is 5.69 Å². The summed E-state index contributed by atoms with van der Waals surface area (Å²) in [7, 11) is 0. The van der Waals surface area contributed by atoms with Crippen LogP contribution in [0.15, 0.2) is 48.5 Å². The Morgan fingerprint density at radius 2 is 1.76 bits per heavy atom. The summed E-state index contributed by atoms with van der Waals surface area (Å²) in [6.07, 6.45) is 0. The Bertz CT molecular complexity index is 563. The van der Waals surface area contributed by atoms with Crippen LogP contribution >= 0.6 is 0 Å². The zero-order valence-electron chi connectivity index (χ0n) is 13.4. The number of nitrogens with one attached hydrogen (secondary N) is 1. The van der Waals surface area contributed by atoms with Gasteiger partial charge in [-0.1, -0.05) is 44.2 Å². The normalized spacial score (nSPS) is 12.2. The quantitative estimate of drug-likeness (QED) is 0.786. The van der Waals surface area contributed by atoms with Crippen molar-refractivity contribution < 1.29 is 4.74 Å². The minimum Gasteiger partial charge on any atom is -0.494 e. The molecule has 0 fully saturated rings. The molecule has 0 spiro atoms. The van der Waals surface area contributed by atoms with Crippen LogP contribution in [-0.4, -0.2) is 6.61 Å². The van der Waals surface area contributed by atoms with Crippen LogP contribution in [0.1, 0.15) is 37.9 Å². The van der Waals surface area contributed by atoms with Gasteiger partial charge in [0.1, 0.15) is 5.75 Å². The Balaban J connectivity index is 2.22. The van der Waals surface area contributed by atoms with E-state index in [4.69, 9.17) is 4.74 Å². The van der Waals surface area contributed by atoms with Crippen molar-refractivity contribution in [3.63, 3.8) is 0 Å². The van der Waals surface area contributed by atoms with E-state index >= 15 is 0 Å². The van der Waals surface area contributed by atoms with Gasteiger partial charge in [-0.25, -0.2) is 0 Å². The highest BCUT2D eigenvalue weighted by atomic mass is 16.5. The van der Waals surface area contributed by atoms with E-state index in [-0.39, 0.29) is 0 Å². The molecule has 0 saturated heterocycles. The van der Waals surface area contributed by atoms with E-state index in [0.29, 0.717) is 18.6 Å². The molecular formula is C19H25NO. The third-order valence-corrected chi connectivity index (χ3v) is 3.65. The third kappa shape index (κ3) is 4.01. The van der Waals surface area contributed by atoms with Crippen molar-refractivity contribution in [3.8, 4) is 5.75 Å². The predicted octanol–water partition coefficient (Wildman–Crippen LogP) is 5.20. The van der Waals surface area contributed by atoms with Gasteiger partial charge in [0.15, 0.2) is 0 Å². The van der Waals surface area contributed by atoms with Gasteiger partial charge in [0.05, 0.1) is 12.6 Å². The van der Waals surface area contributed by atoms with E-state index in [9.17, 15) is 0 Å². The lowest BCUT2D eigenvalue weighted by molar-refractivity contribution is 0.340. The Morgan fingerprint density at radius 3 is 2.33 bits per heavy atom. The molecule has 1 unspecified atom stereocenters. The van der Waals surface area contributed by atoms with Crippen LogP contribution in [0.2, 0.25) is 0 Å². The molecule has 2 heteroatoms. The van der Waals surface area contributed by atoms with Gasteiger partial charge in [0.2, 0.25) is 0 Å². The van der Waals surface area contributed by atoms with Crippen molar-refractivity contribution in [3.05, 3.63) is 59.7 Å². The minimum absolute atomic E-state index is 0.308. The van der Waals surface area contributed by atoms with E-state index in [1.54, 1.807) is 0 Å². The van der Waals surface area contributed by atoms with Gasteiger partial charge in [-0.3, -0.25) is 0 Å². The molecule has 21 heavy (non-hydrogen) atoms. The molecule has 2 rings (SSSR count). The van der Waals surface area contributed by atoms with E-state index in [1.807, 2.05) is 13.0 Å². The van der Waals surface area contributed by atoms with Crippen LogP contribution in [-0.2, 0) is 0 Å². The van der Waals surface area contributed by atoms with Crippen LogP contribution in [0.3, 0.4) is 0 Å². The fourth-order valence-electron chi connectivity index (χ4n) is 2.52. The first-order valence-electron chi connectivity index (χ1n) is 7.66. The van der Waals surface area contributed by atoms with Gasteiger partial charge in [-0.05, 0) is 49.1 Å². The standard InChI is InChI=1S/C19H25NO/c1-5-21-17-11-12-18(15(4)13-17)20-19(14(2)3)16-9-7-6-8-10-16/h6-14,19-20H,5H2,1-4H3. The highest BCUT2D eigenvalue weighted by Crippen LogP contribution is 2.29.